The largest absolute Gasteiger partial charge is 0.494 e. The minimum absolute atomic E-state index is 0.00245. The lowest BCUT2D eigenvalue weighted by molar-refractivity contribution is -0.153. The number of carbonyl (C=O) groups is 1. The number of imidazole rings is 1. The van der Waals surface area contributed by atoms with Crippen molar-refractivity contribution in [3.05, 3.63) is 46.4 Å². The molecular formula is C31H41N3O5. The predicted molar refractivity (Wildman–Crippen MR) is 151 cm³/mol. The molecule has 39 heavy (non-hydrogen) atoms. The van der Waals surface area contributed by atoms with Crippen LogP contribution in [0, 0.1) is 18.8 Å². The van der Waals surface area contributed by atoms with Gasteiger partial charge in [-0.15, -0.1) is 0 Å². The molecule has 1 aromatic carbocycles. The fraction of sp³-hybridized carbons (Fsp3) is 0.581. The Kier molecular flexibility index (Phi) is 8.70. The van der Waals surface area contributed by atoms with Gasteiger partial charge in [-0.25, -0.2) is 4.98 Å². The molecule has 0 radical (unpaired) electrons. The molecule has 3 aromatic rings. The summed E-state index contributed by atoms with van der Waals surface area (Å²) in [5.41, 5.74) is 3.56. The third-order valence-corrected chi connectivity index (χ3v) is 8.16. The Morgan fingerprint density at radius 2 is 1.92 bits per heavy atom. The summed E-state index contributed by atoms with van der Waals surface area (Å²) in [5, 5.41) is 0. The summed E-state index contributed by atoms with van der Waals surface area (Å²) in [6.07, 6.45) is 9.87. The van der Waals surface area contributed by atoms with Gasteiger partial charge in [-0.05, 0) is 82.4 Å². The van der Waals surface area contributed by atoms with Crippen molar-refractivity contribution >= 4 is 17.0 Å². The fourth-order valence-corrected chi connectivity index (χ4v) is 5.78. The lowest BCUT2D eigenvalue weighted by Crippen LogP contribution is -2.21. The van der Waals surface area contributed by atoms with Crippen LogP contribution in [0.25, 0.3) is 22.4 Å². The van der Waals surface area contributed by atoms with Crippen molar-refractivity contribution in [2.24, 2.45) is 18.9 Å². The van der Waals surface area contributed by atoms with Crippen LogP contribution in [-0.2, 0) is 27.9 Å². The predicted octanol–water partition coefficient (Wildman–Crippen LogP) is 5.42. The molecule has 8 heteroatoms. The van der Waals surface area contributed by atoms with Crippen molar-refractivity contribution in [2.45, 2.75) is 77.9 Å². The standard InChI is InChI=1S/C31H41N3O5/c1-21(31(36)39-25-8-4-5-9-25)7-6-14-38-26-10-11-28-27(18-26)32-29(24-17-22(2)30(35)33(3)20-24)34(28)19-23-12-15-37-16-13-23/h10-11,17-18,20-21,23,25H,4-9,12-16,19H2,1-3H3/t21-/m1/s1. The number of aryl methyl sites for hydroxylation is 2. The zero-order chi connectivity index (χ0) is 27.4. The van der Waals surface area contributed by atoms with E-state index in [-0.39, 0.29) is 23.6 Å². The van der Waals surface area contributed by atoms with Gasteiger partial charge in [0.05, 0.1) is 23.6 Å². The van der Waals surface area contributed by atoms with Gasteiger partial charge >= 0.3 is 5.97 Å². The summed E-state index contributed by atoms with van der Waals surface area (Å²) in [6.45, 7) is 6.75. The Balaban J connectivity index is 1.29. The molecule has 0 bridgehead atoms. The molecule has 0 unspecified atom stereocenters. The summed E-state index contributed by atoms with van der Waals surface area (Å²) >= 11 is 0. The number of benzene rings is 1. The van der Waals surface area contributed by atoms with Crippen molar-refractivity contribution < 1.29 is 19.0 Å². The topological polar surface area (TPSA) is 84.6 Å². The summed E-state index contributed by atoms with van der Waals surface area (Å²) in [4.78, 5) is 29.7. The first-order chi connectivity index (χ1) is 18.9. The second kappa shape index (κ2) is 12.4. The van der Waals surface area contributed by atoms with E-state index in [1.807, 2.05) is 38.2 Å². The van der Waals surface area contributed by atoms with E-state index in [1.54, 1.807) is 11.6 Å². The minimum Gasteiger partial charge on any atom is -0.494 e. The van der Waals surface area contributed by atoms with E-state index >= 15 is 0 Å². The van der Waals surface area contributed by atoms with Crippen LogP contribution in [-0.4, -0.2) is 46.0 Å². The maximum Gasteiger partial charge on any atom is 0.308 e. The Bertz CT molecular complexity index is 1320. The highest BCUT2D eigenvalue weighted by atomic mass is 16.5. The molecule has 0 amide bonds. The average molecular weight is 536 g/mol. The van der Waals surface area contributed by atoms with E-state index < -0.39 is 0 Å². The number of hydrogen-bond acceptors (Lipinski definition) is 6. The molecule has 1 aliphatic carbocycles. The van der Waals surface area contributed by atoms with Gasteiger partial charge in [-0.2, -0.15) is 0 Å². The van der Waals surface area contributed by atoms with Crippen LogP contribution < -0.4 is 10.3 Å². The first-order valence-electron chi connectivity index (χ1n) is 14.5. The number of esters is 1. The second-order valence-electron chi connectivity index (χ2n) is 11.3. The van der Waals surface area contributed by atoms with Crippen LogP contribution >= 0.6 is 0 Å². The van der Waals surface area contributed by atoms with Crippen LogP contribution in [0.15, 0.2) is 35.3 Å². The first-order valence-corrected chi connectivity index (χ1v) is 14.5. The molecule has 0 N–H and O–H groups in total. The van der Waals surface area contributed by atoms with Crippen molar-refractivity contribution in [2.75, 3.05) is 19.8 Å². The summed E-state index contributed by atoms with van der Waals surface area (Å²) in [5.74, 6) is 1.94. The number of aromatic nitrogens is 3. The van der Waals surface area contributed by atoms with E-state index in [2.05, 4.69) is 10.6 Å². The number of carbonyl (C=O) groups excluding carboxylic acids is 1. The first kappa shape index (κ1) is 27.4. The highest BCUT2D eigenvalue weighted by Gasteiger charge is 2.23. The maximum atomic E-state index is 12.4. The molecule has 8 nitrogen and oxygen atoms in total. The lowest BCUT2D eigenvalue weighted by Gasteiger charge is -2.23. The highest BCUT2D eigenvalue weighted by molar-refractivity contribution is 5.82. The monoisotopic (exact) mass is 535 g/mol. The van der Waals surface area contributed by atoms with Crippen molar-refractivity contribution in [1.29, 1.82) is 0 Å². The van der Waals surface area contributed by atoms with Gasteiger partial charge in [-0.3, -0.25) is 9.59 Å². The number of fused-ring (bicyclic) bond motifs is 1. The van der Waals surface area contributed by atoms with Gasteiger partial charge < -0.3 is 23.3 Å². The fourth-order valence-electron chi connectivity index (χ4n) is 5.78. The zero-order valence-corrected chi connectivity index (χ0v) is 23.5. The van der Waals surface area contributed by atoms with Gasteiger partial charge in [0, 0.05) is 50.2 Å². The highest BCUT2D eigenvalue weighted by Crippen LogP contribution is 2.30. The molecule has 210 valence electrons. The third kappa shape index (κ3) is 6.55. The Hall–Kier alpha value is -3.13. The van der Waals surface area contributed by atoms with Crippen LogP contribution in [0.5, 0.6) is 5.75 Å². The molecule has 1 saturated carbocycles. The van der Waals surface area contributed by atoms with Crippen molar-refractivity contribution in [3.63, 3.8) is 0 Å². The van der Waals surface area contributed by atoms with Crippen molar-refractivity contribution in [3.8, 4) is 17.1 Å². The summed E-state index contributed by atoms with van der Waals surface area (Å²) in [7, 11) is 1.78. The van der Waals surface area contributed by atoms with Crippen LogP contribution in [0.1, 0.15) is 63.9 Å². The van der Waals surface area contributed by atoms with Crippen LogP contribution in [0.4, 0.5) is 0 Å². The van der Waals surface area contributed by atoms with E-state index in [0.717, 1.165) is 99.3 Å². The molecule has 2 aromatic heterocycles. The normalized spacial score (nSPS) is 17.5. The number of nitrogens with zero attached hydrogens (tertiary/aromatic N) is 3. The summed E-state index contributed by atoms with van der Waals surface area (Å²) < 4.78 is 21.2. The van der Waals surface area contributed by atoms with Gasteiger partial charge in [-0.1, -0.05) is 6.92 Å². The van der Waals surface area contributed by atoms with Gasteiger partial charge in [0.2, 0.25) is 0 Å². The molecule has 1 aliphatic heterocycles. The van der Waals surface area contributed by atoms with Gasteiger partial charge in [0.1, 0.15) is 17.7 Å². The van der Waals surface area contributed by atoms with Gasteiger partial charge in [0.15, 0.2) is 0 Å². The van der Waals surface area contributed by atoms with E-state index in [0.29, 0.717) is 18.1 Å². The Labute approximate surface area is 230 Å². The second-order valence-corrected chi connectivity index (χ2v) is 11.3. The maximum absolute atomic E-state index is 12.4. The minimum atomic E-state index is -0.120. The number of ether oxygens (including phenoxy) is 3. The molecule has 1 saturated heterocycles. The number of rotatable bonds is 10. The average Bonchev–Trinajstić information content (AvgIpc) is 3.57. The summed E-state index contributed by atoms with van der Waals surface area (Å²) in [6, 6.07) is 8.00. The quantitative estimate of drug-likeness (QED) is 0.255. The van der Waals surface area contributed by atoms with Gasteiger partial charge in [0.25, 0.3) is 5.56 Å². The zero-order valence-electron chi connectivity index (χ0n) is 23.5. The number of pyridine rings is 1. The molecule has 2 fully saturated rings. The molecule has 5 rings (SSSR count). The molecule has 1 atom stereocenters. The number of hydrogen-bond donors (Lipinski definition) is 0. The van der Waals surface area contributed by atoms with Crippen LogP contribution in [0.3, 0.4) is 0 Å². The Morgan fingerprint density at radius 1 is 1.15 bits per heavy atom. The van der Waals surface area contributed by atoms with E-state index in [1.165, 1.54) is 0 Å². The molecule has 3 heterocycles. The molecular weight excluding hydrogens is 494 g/mol. The van der Waals surface area contributed by atoms with Crippen molar-refractivity contribution in [1.82, 2.24) is 14.1 Å². The van der Waals surface area contributed by atoms with E-state index in [4.69, 9.17) is 19.2 Å². The van der Waals surface area contributed by atoms with Crippen LogP contribution in [0.2, 0.25) is 0 Å². The lowest BCUT2D eigenvalue weighted by atomic mass is 10.00. The van der Waals surface area contributed by atoms with E-state index in [9.17, 15) is 9.59 Å². The molecule has 2 aliphatic rings. The third-order valence-electron chi connectivity index (χ3n) is 8.16. The SMILES string of the molecule is Cc1cc(-c2nc3cc(OCCC[C@@H](C)C(=O)OC4CCCC4)ccc3n2CC2CCOCC2)cn(C)c1=O. The molecule has 0 spiro atoms. The smallest absolute Gasteiger partial charge is 0.308 e. The Morgan fingerprint density at radius 3 is 2.67 bits per heavy atom.